The molecule has 5 aliphatic rings. The summed E-state index contributed by atoms with van der Waals surface area (Å²) in [5, 5.41) is 7.06. The van der Waals surface area contributed by atoms with Gasteiger partial charge in [-0.2, -0.15) is 0 Å². The summed E-state index contributed by atoms with van der Waals surface area (Å²) in [7, 11) is 0. The van der Waals surface area contributed by atoms with Crippen LogP contribution < -0.4 is 10.6 Å². The number of rotatable bonds is 8. The maximum atomic E-state index is 14.1. The Balaban J connectivity index is 1.64. The van der Waals surface area contributed by atoms with Crippen LogP contribution in [-0.2, 0) is 9.53 Å². The summed E-state index contributed by atoms with van der Waals surface area (Å²) in [6.07, 6.45) is 15.9. The minimum absolute atomic E-state index is 0.0234. The molecule has 3 unspecified atom stereocenters. The molecule has 1 amide bonds. The van der Waals surface area contributed by atoms with E-state index in [9.17, 15) is 4.79 Å². The Bertz CT molecular complexity index is 799. The van der Waals surface area contributed by atoms with Crippen molar-refractivity contribution in [2.24, 2.45) is 27.6 Å². The van der Waals surface area contributed by atoms with E-state index in [0.29, 0.717) is 11.8 Å². The fourth-order valence-electron chi connectivity index (χ4n) is 7.94. The van der Waals surface area contributed by atoms with Crippen molar-refractivity contribution in [1.82, 2.24) is 10.6 Å². The molecule has 5 atom stereocenters. The van der Waals surface area contributed by atoms with E-state index < -0.39 is 0 Å². The van der Waals surface area contributed by atoms with Gasteiger partial charge in [0.25, 0.3) is 0 Å². The van der Waals surface area contributed by atoms with Crippen LogP contribution in [0, 0.1) is 27.6 Å². The molecule has 4 heteroatoms. The maximum absolute atomic E-state index is 14.1. The SMILES string of the molecule is C=C(/C=C\C=C/C)[C@]12CC3CC(C(=O)NC4CCNCC4(C)C)(C[C@](COCC)(C3)C1)C2. The number of carbonyl (C=O) groups is 1. The van der Waals surface area contributed by atoms with Gasteiger partial charge in [0, 0.05) is 19.2 Å². The molecule has 4 saturated carbocycles. The van der Waals surface area contributed by atoms with Crippen molar-refractivity contribution < 1.29 is 9.53 Å². The predicted molar refractivity (Wildman–Crippen MR) is 131 cm³/mol. The zero-order valence-electron chi connectivity index (χ0n) is 20.8. The molecular formula is C28H44N2O2. The van der Waals surface area contributed by atoms with Crippen LogP contribution in [0.15, 0.2) is 36.5 Å². The van der Waals surface area contributed by atoms with Crippen LogP contribution in [0.5, 0.6) is 0 Å². The highest BCUT2D eigenvalue weighted by Gasteiger charge is 2.66. The molecule has 5 rings (SSSR count). The van der Waals surface area contributed by atoms with E-state index in [1.165, 1.54) is 18.4 Å². The van der Waals surface area contributed by atoms with Gasteiger partial charge >= 0.3 is 0 Å². The van der Waals surface area contributed by atoms with Gasteiger partial charge in [-0.3, -0.25) is 4.79 Å². The molecule has 0 aromatic carbocycles. The van der Waals surface area contributed by atoms with Crippen LogP contribution in [0.1, 0.15) is 72.6 Å². The second-order valence-corrected chi connectivity index (χ2v) is 12.1. The fraction of sp³-hybridized carbons (Fsp3) is 0.750. The van der Waals surface area contributed by atoms with Crippen LogP contribution in [-0.4, -0.2) is 38.3 Å². The Morgan fingerprint density at radius 1 is 1.16 bits per heavy atom. The third-order valence-corrected chi connectivity index (χ3v) is 9.00. The summed E-state index contributed by atoms with van der Waals surface area (Å²) in [6.45, 7) is 16.7. The van der Waals surface area contributed by atoms with Gasteiger partial charge in [-0.1, -0.05) is 44.7 Å². The lowest BCUT2D eigenvalue weighted by molar-refractivity contribution is -0.181. The predicted octanol–water partition coefficient (Wildman–Crippen LogP) is 5.17. The zero-order valence-corrected chi connectivity index (χ0v) is 20.8. The number of amides is 1. The first-order valence-corrected chi connectivity index (χ1v) is 12.8. The monoisotopic (exact) mass is 440 g/mol. The molecule has 0 aromatic heterocycles. The standard InChI is InChI=1S/C28H44N2O2/c1-6-8-9-10-21(3)27-14-22-13-26(16-27,20-32-7-2)17-28(15-22,18-27)24(31)30-23-11-12-29-19-25(23,4)5/h6,8-10,22-23,29H,3,7,11-20H2,1-2,4-5H3,(H,30,31)/b8-6-,10-9-/t22?,23?,26-,27+,28?/m0/s1. The molecule has 0 aromatic rings. The highest BCUT2D eigenvalue weighted by Crippen LogP contribution is 2.71. The van der Waals surface area contributed by atoms with Crippen LogP contribution in [0.2, 0.25) is 0 Å². The second-order valence-electron chi connectivity index (χ2n) is 12.1. The summed E-state index contributed by atoms with van der Waals surface area (Å²) in [5.74, 6) is 0.891. The van der Waals surface area contributed by atoms with Gasteiger partial charge in [0.2, 0.25) is 5.91 Å². The number of hydrogen-bond donors (Lipinski definition) is 2. The van der Waals surface area contributed by atoms with Gasteiger partial charge in [0.15, 0.2) is 0 Å². The molecule has 1 saturated heterocycles. The quantitative estimate of drug-likeness (QED) is 0.512. The molecule has 5 fully saturated rings. The Labute approximate surface area is 195 Å². The molecule has 1 heterocycles. The van der Waals surface area contributed by atoms with E-state index in [1.54, 1.807) is 0 Å². The van der Waals surface area contributed by atoms with E-state index in [-0.39, 0.29) is 27.7 Å². The number of hydrogen-bond acceptors (Lipinski definition) is 3. The zero-order chi connectivity index (χ0) is 23.0. The van der Waals surface area contributed by atoms with E-state index in [1.807, 2.05) is 6.92 Å². The molecule has 32 heavy (non-hydrogen) atoms. The van der Waals surface area contributed by atoms with Crippen molar-refractivity contribution >= 4 is 5.91 Å². The van der Waals surface area contributed by atoms with Crippen molar-refractivity contribution in [3.8, 4) is 0 Å². The average molecular weight is 441 g/mol. The second kappa shape index (κ2) is 8.76. The highest BCUT2D eigenvalue weighted by atomic mass is 16.5. The fourth-order valence-corrected chi connectivity index (χ4v) is 7.94. The third kappa shape index (κ3) is 4.25. The van der Waals surface area contributed by atoms with Gasteiger partial charge in [0.05, 0.1) is 12.0 Å². The molecule has 4 bridgehead atoms. The molecule has 4 nitrogen and oxygen atoms in total. The number of nitrogens with one attached hydrogen (secondary N) is 2. The van der Waals surface area contributed by atoms with Crippen LogP contribution in [0.25, 0.3) is 0 Å². The number of allylic oxidation sites excluding steroid dienone is 5. The number of piperidine rings is 1. The summed E-state index contributed by atoms with van der Waals surface area (Å²) < 4.78 is 6.05. The average Bonchev–Trinajstić information content (AvgIpc) is 2.73. The summed E-state index contributed by atoms with van der Waals surface area (Å²) in [5.41, 5.74) is 1.13. The van der Waals surface area contributed by atoms with E-state index in [0.717, 1.165) is 58.4 Å². The third-order valence-electron chi connectivity index (χ3n) is 9.00. The normalized spacial score (nSPS) is 40.2. The van der Waals surface area contributed by atoms with Gasteiger partial charge < -0.3 is 15.4 Å². The number of carbonyl (C=O) groups excluding carboxylic acids is 1. The Morgan fingerprint density at radius 2 is 1.91 bits per heavy atom. The van der Waals surface area contributed by atoms with Crippen molar-refractivity contribution in [3.05, 3.63) is 36.5 Å². The lowest BCUT2D eigenvalue weighted by Crippen LogP contribution is -2.64. The molecule has 2 N–H and O–H groups in total. The first kappa shape index (κ1) is 23.8. The molecule has 4 aliphatic carbocycles. The summed E-state index contributed by atoms with van der Waals surface area (Å²) >= 11 is 0. The highest BCUT2D eigenvalue weighted by molar-refractivity contribution is 5.84. The van der Waals surface area contributed by atoms with Crippen LogP contribution in [0.3, 0.4) is 0 Å². The van der Waals surface area contributed by atoms with Crippen LogP contribution >= 0.6 is 0 Å². The smallest absolute Gasteiger partial charge is 0.226 e. The van der Waals surface area contributed by atoms with E-state index >= 15 is 0 Å². The maximum Gasteiger partial charge on any atom is 0.226 e. The van der Waals surface area contributed by atoms with Gasteiger partial charge in [0.1, 0.15) is 0 Å². The van der Waals surface area contributed by atoms with E-state index in [4.69, 9.17) is 4.74 Å². The van der Waals surface area contributed by atoms with Crippen LogP contribution in [0.4, 0.5) is 0 Å². The van der Waals surface area contributed by atoms with Crippen molar-refractivity contribution in [2.45, 2.75) is 78.7 Å². The topological polar surface area (TPSA) is 50.4 Å². The molecule has 0 radical (unpaired) electrons. The van der Waals surface area contributed by atoms with Crippen molar-refractivity contribution in [2.75, 3.05) is 26.3 Å². The van der Waals surface area contributed by atoms with E-state index in [2.05, 4.69) is 62.3 Å². The summed E-state index contributed by atoms with van der Waals surface area (Å²) in [4.78, 5) is 14.1. The Kier molecular flexibility index (Phi) is 6.50. The Morgan fingerprint density at radius 3 is 2.62 bits per heavy atom. The van der Waals surface area contributed by atoms with Crippen molar-refractivity contribution in [3.63, 3.8) is 0 Å². The minimum Gasteiger partial charge on any atom is -0.381 e. The molecule has 178 valence electrons. The lowest BCUT2D eigenvalue weighted by atomic mass is 9.38. The lowest BCUT2D eigenvalue weighted by Gasteiger charge is -2.66. The first-order valence-electron chi connectivity index (χ1n) is 12.8. The van der Waals surface area contributed by atoms with Gasteiger partial charge in [-0.05, 0) is 93.1 Å². The number of ether oxygens (including phenoxy) is 1. The Hall–Kier alpha value is -1.39. The molecule has 0 spiro atoms. The minimum atomic E-state index is -0.283. The first-order chi connectivity index (χ1) is 15.2. The van der Waals surface area contributed by atoms with Crippen molar-refractivity contribution in [1.29, 1.82) is 0 Å². The summed E-state index contributed by atoms with van der Waals surface area (Å²) in [6, 6.07) is 0.237. The molecular weight excluding hydrogens is 396 g/mol. The van der Waals surface area contributed by atoms with Gasteiger partial charge in [-0.15, -0.1) is 0 Å². The molecule has 1 aliphatic heterocycles. The van der Waals surface area contributed by atoms with Gasteiger partial charge in [-0.25, -0.2) is 0 Å². The largest absolute Gasteiger partial charge is 0.381 e.